The van der Waals surface area contributed by atoms with Crippen LogP contribution in [-0.4, -0.2) is 56.7 Å². The molecule has 0 spiro atoms. The van der Waals surface area contributed by atoms with E-state index in [1.165, 1.54) is 7.11 Å². The number of rotatable bonds is 7. The van der Waals surface area contributed by atoms with E-state index in [9.17, 15) is 9.59 Å². The van der Waals surface area contributed by atoms with Crippen LogP contribution in [-0.2, 0) is 4.79 Å². The Bertz CT molecular complexity index is 945. The molecule has 31 heavy (non-hydrogen) atoms. The van der Waals surface area contributed by atoms with E-state index in [0.717, 1.165) is 0 Å². The van der Waals surface area contributed by atoms with Crippen molar-refractivity contribution >= 4 is 35.0 Å². The molecular weight excluding hydrogens is 443 g/mol. The Morgan fingerprint density at radius 1 is 1.00 bits per heavy atom. The third-order valence-corrected chi connectivity index (χ3v) is 5.60. The second kappa shape index (κ2) is 10.6. The van der Waals surface area contributed by atoms with Crippen molar-refractivity contribution in [3.63, 3.8) is 0 Å². The predicted molar refractivity (Wildman–Crippen MR) is 119 cm³/mol. The molecular formula is C22H24Cl2N2O5. The SMILES string of the molecule is COc1ccc(C(=O)NC2CCN(C(=O)COc3ccc(Cl)cc3Cl)CC2)cc1OC. The molecule has 1 aliphatic rings. The molecule has 1 heterocycles. The lowest BCUT2D eigenvalue weighted by Crippen LogP contribution is -2.47. The molecule has 0 saturated carbocycles. The number of amides is 2. The molecule has 3 rings (SSSR count). The number of nitrogens with zero attached hydrogens (tertiary/aromatic N) is 1. The number of carbonyl (C=O) groups is 2. The van der Waals surface area contributed by atoms with E-state index in [1.54, 1.807) is 48.4 Å². The lowest BCUT2D eigenvalue weighted by molar-refractivity contribution is -0.134. The summed E-state index contributed by atoms with van der Waals surface area (Å²) in [7, 11) is 3.07. The first-order valence-electron chi connectivity index (χ1n) is 9.79. The number of nitrogens with one attached hydrogen (secondary N) is 1. The zero-order valence-corrected chi connectivity index (χ0v) is 18.8. The van der Waals surface area contributed by atoms with E-state index in [0.29, 0.717) is 58.8 Å². The Hall–Kier alpha value is -2.64. The van der Waals surface area contributed by atoms with Crippen LogP contribution in [0, 0.1) is 0 Å². The van der Waals surface area contributed by atoms with Crippen molar-refractivity contribution in [2.75, 3.05) is 33.9 Å². The molecule has 0 radical (unpaired) electrons. The first-order valence-corrected chi connectivity index (χ1v) is 10.6. The summed E-state index contributed by atoms with van der Waals surface area (Å²) in [5.41, 5.74) is 0.490. The molecule has 0 aliphatic carbocycles. The molecule has 1 aliphatic heterocycles. The molecule has 1 fully saturated rings. The maximum absolute atomic E-state index is 12.6. The highest BCUT2D eigenvalue weighted by Crippen LogP contribution is 2.28. The van der Waals surface area contributed by atoms with Crippen molar-refractivity contribution in [1.82, 2.24) is 10.2 Å². The zero-order chi connectivity index (χ0) is 22.4. The van der Waals surface area contributed by atoms with Crippen LogP contribution in [0.25, 0.3) is 0 Å². The van der Waals surface area contributed by atoms with Gasteiger partial charge in [0.1, 0.15) is 5.75 Å². The summed E-state index contributed by atoms with van der Waals surface area (Å²) in [6, 6.07) is 9.86. The number of ether oxygens (including phenoxy) is 3. The molecule has 1 N–H and O–H groups in total. The maximum atomic E-state index is 12.6. The van der Waals surface area contributed by atoms with E-state index in [2.05, 4.69) is 5.32 Å². The first-order chi connectivity index (χ1) is 14.9. The number of carbonyl (C=O) groups excluding carboxylic acids is 2. The van der Waals surface area contributed by atoms with Crippen molar-refractivity contribution in [3.05, 3.63) is 52.0 Å². The van der Waals surface area contributed by atoms with Gasteiger partial charge in [-0.15, -0.1) is 0 Å². The van der Waals surface area contributed by atoms with Gasteiger partial charge in [0, 0.05) is 29.7 Å². The lowest BCUT2D eigenvalue weighted by atomic mass is 10.0. The quantitative estimate of drug-likeness (QED) is 0.670. The number of halogens is 2. The summed E-state index contributed by atoms with van der Waals surface area (Å²) >= 11 is 11.9. The summed E-state index contributed by atoms with van der Waals surface area (Å²) < 4.78 is 16.0. The molecule has 0 atom stereocenters. The van der Waals surface area contributed by atoms with Crippen LogP contribution < -0.4 is 19.5 Å². The fourth-order valence-corrected chi connectivity index (χ4v) is 3.81. The standard InChI is InChI=1S/C22H24Cl2N2O5/c1-29-19-5-3-14(11-20(19)30-2)22(28)25-16-7-9-26(10-8-16)21(27)13-31-18-6-4-15(23)12-17(18)24/h3-6,11-12,16H,7-10,13H2,1-2H3,(H,25,28). The second-order valence-corrected chi connectivity index (χ2v) is 7.91. The molecule has 2 aromatic rings. The Morgan fingerprint density at radius 3 is 2.32 bits per heavy atom. The molecule has 7 nitrogen and oxygen atoms in total. The lowest BCUT2D eigenvalue weighted by Gasteiger charge is -2.32. The largest absolute Gasteiger partial charge is 0.493 e. The van der Waals surface area contributed by atoms with Gasteiger partial charge in [0.05, 0.1) is 19.2 Å². The molecule has 2 amide bonds. The average molecular weight is 467 g/mol. The topological polar surface area (TPSA) is 77.1 Å². The smallest absolute Gasteiger partial charge is 0.260 e. The third-order valence-electron chi connectivity index (χ3n) is 5.07. The Labute approximate surface area is 191 Å². The number of piperidine rings is 1. The summed E-state index contributed by atoms with van der Waals surface area (Å²) in [4.78, 5) is 26.8. The second-order valence-electron chi connectivity index (χ2n) is 7.06. The van der Waals surface area contributed by atoms with E-state index in [-0.39, 0.29) is 24.5 Å². The van der Waals surface area contributed by atoms with Crippen LogP contribution in [0.3, 0.4) is 0 Å². The van der Waals surface area contributed by atoms with E-state index < -0.39 is 0 Å². The van der Waals surface area contributed by atoms with E-state index >= 15 is 0 Å². The zero-order valence-electron chi connectivity index (χ0n) is 17.3. The maximum Gasteiger partial charge on any atom is 0.260 e. The van der Waals surface area contributed by atoms with Gasteiger partial charge in [-0.1, -0.05) is 23.2 Å². The molecule has 1 saturated heterocycles. The molecule has 166 valence electrons. The minimum Gasteiger partial charge on any atom is -0.493 e. The van der Waals surface area contributed by atoms with Crippen LogP contribution in [0.1, 0.15) is 23.2 Å². The van der Waals surface area contributed by atoms with Crippen molar-refractivity contribution in [3.8, 4) is 17.2 Å². The Kier molecular flexibility index (Phi) is 7.87. The third kappa shape index (κ3) is 5.95. The minimum absolute atomic E-state index is 0.0173. The summed E-state index contributed by atoms with van der Waals surface area (Å²) in [6.07, 6.45) is 1.32. The van der Waals surface area contributed by atoms with Gasteiger partial charge in [-0.2, -0.15) is 0 Å². The molecule has 0 aromatic heterocycles. The van der Waals surface area contributed by atoms with Gasteiger partial charge < -0.3 is 24.4 Å². The number of methoxy groups -OCH3 is 2. The van der Waals surface area contributed by atoms with Crippen molar-refractivity contribution in [2.24, 2.45) is 0 Å². The fraction of sp³-hybridized carbons (Fsp3) is 0.364. The van der Waals surface area contributed by atoms with Gasteiger partial charge in [-0.3, -0.25) is 9.59 Å². The van der Waals surface area contributed by atoms with Crippen LogP contribution >= 0.6 is 23.2 Å². The first kappa shape index (κ1) is 23.0. The Balaban J connectivity index is 1.47. The van der Waals surface area contributed by atoms with Gasteiger partial charge in [0.25, 0.3) is 11.8 Å². The molecule has 2 aromatic carbocycles. The Morgan fingerprint density at radius 2 is 1.68 bits per heavy atom. The monoisotopic (exact) mass is 466 g/mol. The van der Waals surface area contributed by atoms with Gasteiger partial charge in [0.15, 0.2) is 18.1 Å². The predicted octanol–water partition coefficient (Wildman–Crippen LogP) is 3.81. The summed E-state index contributed by atoms with van der Waals surface area (Å²) in [5, 5.41) is 3.88. The average Bonchev–Trinajstić information content (AvgIpc) is 2.78. The van der Waals surface area contributed by atoms with Crippen molar-refractivity contribution in [1.29, 1.82) is 0 Å². The number of likely N-dealkylation sites (tertiary alicyclic amines) is 1. The van der Waals surface area contributed by atoms with E-state index in [4.69, 9.17) is 37.4 Å². The minimum atomic E-state index is -0.188. The van der Waals surface area contributed by atoms with Crippen molar-refractivity contribution < 1.29 is 23.8 Å². The van der Waals surface area contributed by atoms with Crippen molar-refractivity contribution in [2.45, 2.75) is 18.9 Å². The number of hydrogen-bond donors (Lipinski definition) is 1. The fourth-order valence-electron chi connectivity index (χ4n) is 3.34. The molecule has 0 unspecified atom stereocenters. The molecule has 9 heteroatoms. The summed E-state index contributed by atoms with van der Waals surface area (Å²) in [6.45, 7) is 0.963. The normalized spacial score (nSPS) is 14.1. The van der Waals surface area contributed by atoms with Crippen LogP contribution in [0.2, 0.25) is 10.0 Å². The van der Waals surface area contributed by atoms with Gasteiger partial charge in [0.2, 0.25) is 0 Å². The van der Waals surface area contributed by atoms with Crippen LogP contribution in [0.4, 0.5) is 0 Å². The van der Waals surface area contributed by atoms with Gasteiger partial charge in [-0.05, 0) is 49.2 Å². The highest BCUT2D eigenvalue weighted by molar-refractivity contribution is 6.35. The van der Waals surface area contributed by atoms with Crippen LogP contribution in [0.15, 0.2) is 36.4 Å². The van der Waals surface area contributed by atoms with Gasteiger partial charge in [-0.25, -0.2) is 0 Å². The van der Waals surface area contributed by atoms with Gasteiger partial charge >= 0.3 is 0 Å². The number of hydrogen-bond acceptors (Lipinski definition) is 5. The highest BCUT2D eigenvalue weighted by Gasteiger charge is 2.25. The molecule has 0 bridgehead atoms. The highest BCUT2D eigenvalue weighted by atomic mass is 35.5. The van der Waals surface area contributed by atoms with E-state index in [1.807, 2.05) is 0 Å². The summed E-state index contributed by atoms with van der Waals surface area (Å²) in [5.74, 6) is 1.16. The number of benzene rings is 2. The van der Waals surface area contributed by atoms with Crippen LogP contribution in [0.5, 0.6) is 17.2 Å².